The zero-order valence-corrected chi connectivity index (χ0v) is 12.8. The second-order valence-electron chi connectivity index (χ2n) is 5.50. The third kappa shape index (κ3) is 7.21. The smallest absolute Gasteiger partial charge is 0.135 e. The van der Waals surface area contributed by atoms with E-state index in [0.29, 0.717) is 0 Å². The molecule has 0 aliphatic rings. The largest absolute Gasteiger partial charge is 0.299 e. The lowest BCUT2D eigenvalue weighted by molar-refractivity contribution is 0.690. The minimum Gasteiger partial charge on any atom is -0.135 e. The highest BCUT2D eigenvalue weighted by Crippen LogP contribution is 2.22. The van der Waals surface area contributed by atoms with Gasteiger partial charge < -0.3 is 0 Å². The van der Waals surface area contributed by atoms with E-state index in [9.17, 15) is 0 Å². The first-order valence-corrected chi connectivity index (χ1v) is 8.91. The molecule has 0 aromatic rings. The van der Waals surface area contributed by atoms with Crippen LogP contribution in [0.25, 0.3) is 0 Å². The molecule has 88 valence electrons. The Hall–Kier alpha value is 0.272. The van der Waals surface area contributed by atoms with Gasteiger partial charge in [-0.1, -0.05) is 63.9 Å². The molecule has 0 saturated heterocycles. The lowest BCUT2D eigenvalue weighted by Crippen LogP contribution is -2.20. The average molecular weight is 224 g/mol. The van der Waals surface area contributed by atoms with Crippen molar-refractivity contribution in [3.8, 4) is 0 Å². The molecule has 0 N–H and O–H groups in total. The highest BCUT2D eigenvalue weighted by atomic mass is 27.2. The van der Waals surface area contributed by atoms with E-state index in [1.807, 2.05) is 4.44 Å². The lowest BCUT2D eigenvalue weighted by atomic mass is 10.3. The summed E-state index contributed by atoms with van der Waals surface area (Å²) in [6.45, 7) is 14.1. The molecule has 0 nitrogen and oxygen atoms in total. The molecular formula is C14H29Al. The van der Waals surface area contributed by atoms with Crippen LogP contribution in [-0.4, -0.2) is 14.1 Å². The molecule has 0 aromatic heterocycles. The Bertz CT molecular complexity index is 170. The second-order valence-corrected chi connectivity index (χ2v) is 8.58. The van der Waals surface area contributed by atoms with Crippen LogP contribution in [0, 0.1) is 11.8 Å². The van der Waals surface area contributed by atoms with E-state index in [1.165, 1.54) is 23.4 Å². The summed E-state index contributed by atoms with van der Waals surface area (Å²) in [5.74, 6) is 1.76. The Labute approximate surface area is 102 Å². The van der Waals surface area contributed by atoms with Crippen molar-refractivity contribution in [3.63, 3.8) is 0 Å². The van der Waals surface area contributed by atoms with Crippen LogP contribution in [0.15, 0.2) is 10.5 Å². The highest BCUT2D eigenvalue weighted by Gasteiger charge is 2.22. The summed E-state index contributed by atoms with van der Waals surface area (Å²) >= 11 is -0.621. The molecule has 0 aliphatic carbocycles. The van der Waals surface area contributed by atoms with E-state index >= 15 is 0 Å². The Morgan fingerprint density at radius 1 is 1.00 bits per heavy atom. The molecule has 0 spiro atoms. The Kier molecular flexibility index (Phi) is 8.58. The van der Waals surface area contributed by atoms with Crippen molar-refractivity contribution < 1.29 is 0 Å². The van der Waals surface area contributed by atoms with Gasteiger partial charge in [-0.05, 0) is 12.8 Å². The standard InChI is InChI=1S/C6H11.2C4H9.Al/c1-3-5-6-4-2;2*1-4(2)3;/h5H,3-4H2,1-2H3;2*4H,1H2,2-3H3;. The summed E-state index contributed by atoms with van der Waals surface area (Å²) in [5.41, 5.74) is 0. The number of hydrogen-bond acceptors (Lipinski definition) is 0. The maximum Gasteiger partial charge on any atom is 0.299 e. The van der Waals surface area contributed by atoms with E-state index in [2.05, 4.69) is 47.6 Å². The van der Waals surface area contributed by atoms with Crippen LogP contribution in [0.5, 0.6) is 0 Å². The van der Waals surface area contributed by atoms with Crippen molar-refractivity contribution in [1.29, 1.82) is 0 Å². The molecule has 0 saturated carbocycles. The fourth-order valence-corrected chi connectivity index (χ4v) is 6.62. The topological polar surface area (TPSA) is 0 Å². The highest BCUT2D eigenvalue weighted by molar-refractivity contribution is 6.66. The summed E-state index contributed by atoms with van der Waals surface area (Å²) in [6, 6.07) is 0. The predicted octanol–water partition coefficient (Wildman–Crippen LogP) is 5.08. The Balaban J connectivity index is 4.50. The number of allylic oxidation sites excluding steroid dienone is 2. The van der Waals surface area contributed by atoms with Crippen molar-refractivity contribution in [2.24, 2.45) is 11.8 Å². The van der Waals surface area contributed by atoms with Crippen molar-refractivity contribution in [1.82, 2.24) is 0 Å². The van der Waals surface area contributed by atoms with Crippen LogP contribution in [0.1, 0.15) is 54.4 Å². The SMILES string of the molecule is CC/C=[C](\CC)[Al]([CH2]C(C)C)[CH2]C(C)C. The van der Waals surface area contributed by atoms with Gasteiger partial charge in [0.25, 0.3) is 14.1 Å². The third-order valence-electron chi connectivity index (χ3n) is 2.91. The van der Waals surface area contributed by atoms with Gasteiger partial charge in [-0.3, -0.25) is 0 Å². The summed E-state index contributed by atoms with van der Waals surface area (Å²) in [7, 11) is 0. The fraction of sp³-hybridized carbons (Fsp3) is 0.857. The number of rotatable bonds is 7. The van der Waals surface area contributed by atoms with E-state index in [-0.39, 0.29) is 0 Å². The molecule has 0 aromatic carbocycles. The average Bonchev–Trinajstić information content (AvgIpc) is 2.11. The van der Waals surface area contributed by atoms with Crippen molar-refractivity contribution in [2.45, 2.75) is 64.9 Å². The molecule has 0 fully saturated rings. The van der Waals surface area contributed by atoms with E-state index < -0.39 is 14.1 Å². The van der Waals surface area contributed by atoms with Gasteiger partial charge in [-0.25, -0.2) is 0 Å². The van der Waals surface area contributed by atoms with Crippen molar-refractivity contribution >= 4 is 14.1 Å². The van der Waals surface area contributed by atoms with E-state index in [0.717, 1.165) is 11.8 Å². The second kappa shape index (κ2) is 8.43. The van der Waals surface area contributed by atoms with E-state index in [4.69, 9.17) is 0 Å². The van der Waals surface area contributed by atoms with Gasteiger partial charge in [0, 0.05) is 0 Å². The minimum atomic E-state index is -0.621. The monoisotopic (exact) mass is 224 g/mol. The van der Waals surface area contributed by atoms with Crippen LogP contribution in [0.4, 0.5) is 0 Å². The van der Waals surface area contributed by atoms with Crippen molar-refractivity contribution in [2.75, 3.05) is 0 Å². The van der Waals surface area contributed by atoms with Crippen molar-refractivity contribution in [3.05, 3.63) is 10.5 Å². The first kappa shape index (κ1) is 15.3. The van der Waals surface area contributed by atoms with Gasteiger partial charge >= 0.3 is 0 Å². The Morgan fingerprint density at radius 2 is 1.47 bits per heavy atom. The predicted molar refractivity (Wildman–Crippen MR) is 73.7 cm³/mol. The van der Waals surface area contributed by atoms with Gasteiger partial charge in [-0.2, -0.15) is 0 Å². The summed E-state index contributed by atoms with van der Waals surface area (Å²) in [4.78, 5) is 0. The quantitative estimate of drug-likeness (QED) is 0.529. The first-order chi connectivity index (χ1) is 7.01. The molecule has 0 rings (SSSR count). The molecule has 15 heavy (non-hydrogen) atoms. The molecule has 0 radical (unpaired) electrons. The molecule has 0 heterocycles. The summed E-state index contributed by atoms with van der Waals surface area (Å²) in [5, 5.41) is 3.00. The molecule has 0 unspecified atom stereocenters. The van der Waals surface area contributed by atoms with Gasteiger partial charge in [0.05, 0.1) is 0 Å². The van der Waals surface area contributed by atoms with Crippen LogP contribution in [0.3, 0.4) is 0 Å². The van der Waals surface area contributed by atoms with Crippen LogP contribution >= 0.6 is 0 Å². The zero-order chi connectivity index (χ0) is 11.8. The molecule has 0 amide bonds. The summed E-state index contributed by atoms with van der Waals surface area (Å²) < 4.78 is 1.83. The fourth-order valence-electron chi connectivity index (χ4n) is 2.40. The minimum absolute atomic E-state index is 0.621. The van der Waals surface area contributed by atoms with Gasteiger partial charge in [0.1, 0.15) is 0 Å². The molecule has 1 heteroatoms. The molecule has 0 atom stereocenters. The Morgan fingerprint density at radius 3 is 1.73 bits per heavy atom. The molecular weight excluding hydrogens is 195 g/mol. The maximum absolute atomic E-state index is 2.52. The third-order valence-corrected chi connectivity index (χ3v) is 7.63. The molecule has 0 aliphatic heterocycles. The van der Waals surface area contributed by atoms with Gasteiger partial charge in [-0.15, -0.1) is 10.5 Å². The number of hydrogen-bond donors (Lipinski definition) is 0. The van der Waals surface area contributed by atoms with Crippen LogP contribution in [-0.2, 0) is 0 Å². The van der Waals surface area contributed by atoms with Crippen LogP contribution in [0.2, 0.25) is 10.6 Å². The maximum atomic E-state index is 2.52. The zero-order valence-electron chi connectivity index (χ0n) is 11.6. The van der Waals surface area contributed by atoms with Crippen LogP contribution < -0.4 is 0 Å². The normalized spacial score (nSPS) is 12.7. The van der Waals surface area contributed by atoms with E-state index in [1.54, 1.807) is 0 Å². The summed E-state index contributed by atoms with van der Waals surface area (Å²) in [6.07, 6.45) is 5.04. The molecule has 0 bridgehead atoms. The lowest BCUT2D eigenvalue weighted by Gasteiger charge is -2.19. The van der Waals surface area contributed by atoms with Gasteiger partial charge in [0.15, 0.2) is 0 Å². The van der Waals surface area contributed by atoms with Gasteiger partial charge in [0.2, 0.25) is 0 Å². The first-order valence-electron chi connectivity index (χ1n) is 6.70.